The van der Waals surface area contributed by atoms with Gasteiger partial charge in [-0.2, -0.15) is 5.10 Å². The Labute approximate surface area is 198 Å². The van der Waals surface area contributed by atoms with Crippen LogP contribution >= 0.6 is 23.1 Å². The highest BCUT2D eigenvalue weighted by molar-refractivity contribution is 8.01. The Morgan fingerprint density at radius 1 is 1.06 bits per heavy atom. The van der Waals surface area contributed by atoms with Gasteiger partial charge in [0, 0.05) is 0 Å². The summed E-state index contributed by atoms with van der Waals surface area (Å²) in [7, 11) is 1.56. The molecule has 0 fully saturated rings. The van der Waals surface area contributed by atoms with E-state index in [9.17, 15) is 9.59 Å². The highest BCUT2D eigenvalue weighted by Gasteiger charge is 2.09. The zero-order valence-corrected chi connectivity index (χ0v) is 19.2. The van der Waals surface area contributed by atoms with E-state index in [0.29, 0.717) is 22.6 Å². The molecule has 1 heterocycles. The van der Waals surface area contributed by atoms with Crippen LogP contribution in [0.2, 0.25) is 0 Å². The third-order valence-corrected chi connectivity index (χ3v) is 6.58. The summed E-state index contributed by atoms with van der Waals surface area (Å²) in [4.78, 5) is 28.9. The van der Waals surface area contributed by atoms with Crippen molar-refractivity contribution in [3.63, 3.8) is 0 Å². The molecule has 4 aromatic rings. The second-order valence-corrected chi connectivity index (χ2v) is 8.97. The van der Waals surface area contributed by atoms with Crippen LogP contribution < -0.4 is 14.9 Å². The molecule has 9 heteroatoms. The van der Waals surface area contributed by atoms with Crippen molar-refractivity contribution in [1.29, 1.82) is 0 Å². The lowest BCUT2D eigenvalue weighted by molar-refractivity contribution is -0.118. The van der Waals surface area contributed by atoms with Crippen LogP contribution in [0.15, 0.2) is 82.2 Å². The van der Waals surface area contributed by atoms with Gasteiger partial charge in [0.25, 0.3) is 5.91 Å². The molecule has 1 aromatic heterocycles. The molecule has 0 atom stereocenters. The first-order valence-electron chi connectivity index (χ1n) is 9.87. The third kappa shape index (κ3) is 6.18. The molecule has 0 aliphatic rings. The summed E-state index contributed by atoms with van der Waals surface area (Å²) in [5, 5.41) is 3.98. The number of hydrogen-bond acceptors (Lipinski definition) is 8. The Bertz CT molecular complexity index is 1270. The van der Waals surface area contributed by atoms with E-state index in [2.05, 4.69) is 15.5 Å². The lowest BCUT2D eigenvalue weighted by atomic mass is 10.2. The zero-order chi connectivity index (χ0) is 23.0. The fourth-order valence-electron chi connectivity index (χ4n) is 2.80. The van der Waals surface area contributed by atoms with Crippen molar-refractivity contribution in [1.82, 2.24) is 10.4 Å². The molecule has 0 aliphatic carbocycles. The largest absolute Gasteiger partial charge is 0.497 e. The van der Waals surface area contributed by atoms with Crippen molar-refractivity contribution in [2.45, 2.75) is 4.34 Å². The van der Waals surface area contributed by atoms with E-state index in [1.807, 2.05) is 24.3 Å². The Morgan fingerprint density at radius 2 is 1.88 bits per heavy atom. The number of nitrogens with zero attached hydrogens (tertiary/aromatic N) is 2. The monoisotopic (exact) mass is 477 g/mol. The van der Waals surface area contributed by atoms with Crippen molar-refractivity contribution in [2.75, 3.05) is 12.9 Å². The number of carbonyl (C=O) groups is 2. The van der Waals surface area contributed by atoms with Crippen LogP contribution in [0.1, 0.15) is 15.9 Å². The minimum atomic E-state index is -0.480. The second kappa shape index (κ2) is 10.8. The number of thiazole rings is 1. The molecule has 1 amide bonds. The molecule has 7 nitrogen and oxygen atoms in total. The fourth-order valence-corrected chi connectivity index (χ4v) is 4.66. The zero-order valence-electron chi connectivity index (χ0n) is 17.6. The van der Waals surface area contributed by atoms with E-state index < -0.39 is 5.97 Å². The first kappa shape index (κ1) is 22.5. The molecule has 0 saturated carbocycles. The summed E-state index contributed by atoms with van der Waals surface area (Å²) < 4.78 is 12.4. The van der Waals surface area contributed by atoms with Gasteiger partial charge in [-0.05, 0) is 54.1 Å². The number of carbonyl (C=O) groups excluding carboxylic acids is 2. The molecule has 0 radical (unpaired) electrons. The van der Waals surface area contributed by atoms with Gasteiger partial charge in [0.1, 0.15) is 11.5 Å². The van der Waals surface area contributed by atoms with Crippen molar-refractivity contribution in [2.24, 2.45) is 5.10 Å². The van der Waals surface area contributed by atoms with Crippen LogP contribution in [0.5, 0.6) is 11.5 Å². The van der Waals surface area contributed by atoms with Gasteiger partial charge in [-0.3, -0.25) is 4.79 Å². The number of methoxy groups -OCH3 is 1. The maximum atomic E-state index is 12.3. The predicted octanol–water partition coefficient (Wildman–Crippen LogP) is 4.77. The molecule has 0 aliphatic heterocycles. The number of ether oxygens (including phenoxy) is 2. The third-order valence-electron chi connectivity index (χ3n) is 4.40. The quantitative estimate of drug-likeness (QED) is 0.129. The first-order valence-corrected chi connectivity index (χ1v) is 11.7. The Balaban J connectivity index is 1.28. The molecule has 0 spiro atoms. The molecule has 1 N–H and O–H groups in total. The number of hydrazone groups is 1. The van der Waals surface area contributed by atoms with Gasteiger partial charge in [-0.15, -0.1) is 11.3 Å². The molecule has 4 rings (SSSR count). The summed E-state index contributed by atoms with van der Waals surface area (Å²) in [6, 6.07) is 21.4. The molecule has 0 saturated heterocycles. The minimum absolute atomic E-state index is 0.205. The van der Waals surface area contributed by atoms with E-state index in [4.69, 9.17) is 9.47 Å². The summed E-state index contributed by atoms with van der Waals surface area (Å²) in [6.07, 6.45) is 1.49. The first-order chi connectivity index (χ1) is 16.1. The number of para-hydroxylation sites is 1. The lowest BCUT2D eigenvalue weighted by Gasteiger charge is -2.06. The van der Waals surface area contributed by atoms with Gasteiger partial charge in [0.2, 0.25) is 0 Å². The Hall–Kier alpha value is -3.69. The SMILES string of the molecule is COc1ccc(C(=O)Oc2cccc(/C=N/NC(=O)CSc3nc4ccccc4s3)c2)cc1. The molecule has 0 bridgehead atoms. The van der Waals surface area contributed by atoms with E-state index in [0.717, 1.165) is 14.6 Å². The fraction of sp³-hybridized carbons (Fsp3) is 0.0833. The predicted molar refractivity (Wildman–Crippen MR) is 130 cm³/mol. The molecule has 3 aromatic carbocycles. The van der Waals surface area contributed by atoms with Crippen molar-refractivity contribution in [3.05, 3.63) is 83.9 Å². The number of rotatable bonds is 8. The average molecular weight is 478 g/mol. The van der Waals surface area contributed by atoms with Crippen molar-refractivity contribution < 1.29 is 19.1 Å². The molecule has 166 valence electrons. The van der Waals surface area contributed by atoms with Crippen LogP contribution in [-0.2, 0) is 4.79 Å². The number of esters is 1. The number of aromatic nitrogens is 1. The van der Waals surface area contributed by atoms with Gasteiger partial charge >= 0.3 is 5.97 Å². The van der Waals surface area contributed by atoms with Crippen molar-refractivity contribution >= 4 is 51.4 Å². The lowest BCUT2D eigenvalue weighted by Crippen LogP contribution is -2.19. The molecular weight excluding hydrogens is 458 g/mol. The highest BCUT2D eigenvalue weighted by atomic mass is 32.2. The molecular formula is C24H19N3O4S2. The van der Waals surface area contributed by atoms with Crippen LogP contribution in [0.3, 0.4) is 0 Å². The standard InChI is InChI=1S/C24H19N3O4S2/c1-30-18-11-9-17(10-12-18)23(29)31-19-6-4-5-16(13-19)14-25-27-22(28)15-32-24-26-20-7-2-3-8-21(20)33-24/h2-14H,15H2,1H3,(H,27,28)/b25-14+. The number of fused-ring (bicyclic) bond motifs is 1. The number of benzene rings is 3. The molecule has 0 unspecified atom stereocenters. The van der Waals surface area contributed by atoms with Crippen LogP contribution in [-0.4, -0.2) is 35.9 Å². The van der Waals surface area contributed by atoms with Gasteiger partial charge in [-0.1, -0.05) is 36.0 Å². The van der Waals surface area contributed by atoms with Gasteiger partial charge < -0.3 is 9.47 Å². The van der Waals surface area contributed by atoms with Crippen LogP contribution in [0.4, 0.5) is 0 Å². The summed E-state index contributed by atoms with van der Waals surface area (Å²) >= 11 is 2.92. The number of hydrogen-bond donors (Lipinski definition) is 1. The van der Waals surface area contributed by atoms with E-state index in [1.165, 1.54) is 18.0 Å². The summed E-state index contributed by atoms with van der Waals surface area (Å²) in [6.45, 7) is 0. The second-order valence-electron chi connectivity index (χ2n) is 6.72. The summed E-state index contributed by atoms with van der Waals surface area (Å²) in [5.74, 6) is 0.517. The smallest absolute Gasteiger partial charge is 0.343 e. The van der Waals surface area contributed by atoms with Gasteiger partial charge in [0.05, 0.1) is 34.9 Å². The van der Waals surface area contributed by atoms with E-state index in [-0.39, 0.29) is 11.7 Å². The van der Waals surface area contributed by atoms with Gasteiger partial charge in [0.15, 0.2) is 4.34 Å². The minimum Gasteiger partial charge on any atom is -0.497 e. The maximum Gasteiger partial charge on any atom is 0.343 e. The Kier molecular flexibility index (Phi) is 7.33. The summed E-state index contributed by atoms with van der Waals surface area (Å²) in [5.41, 5.74) is 4.51. The number of amides is 1. The Morgan fingerprint density at radius 3 is 2.67 bits per heavy atom. The number of thioether (sulfide) groups is 1. The topological polar surface area (TPSA) is 89.9 Å². The highest BCUT2D eigenvalue weighted by Crippen LogP contribution is 2.29. The normalized spacial score (nSPS) is 10.9. The van der Waals surface area contributed by atoms with Crippen LogP contribution in [0, 0.1) is 0 Å². The van der Waals surface area contributed by atoms with Crippen LogP contribution in [0.25, 0.3) is 10.2 Å². The van der Waals surface area contributed by atoms with Gasteiger partial charge in [-0.25, -0.2) is 15.2 Å². The number of nitrogens with one attached hydrogen (secondary N) is 1. The van der Waals surface area contributed by atoms with E-state index in [1.54, 1.807) is 67.0 Å². The van der Waals surface area contributed by atoms with Crippen molar-refractivity contribution in [3.8, 4) is 11.5 Å². The average Bonchev–Trinajstić information content (AvgIpc) is 3.26. The molecule has 33 heavy (non-hydrogen) atoms. The maximum absolute atomic E-state index is 12.3. The van der Waals surface area contributed by atoms with E-state index >= 15 is 0 Å².